The summed E-state index contributed by atoms with van der Waals surface area (Å²) in [7, 11) is 0. The Morgan fingerprint density at radius 2 is 1.94 bits per heavy atom. The van der Waals surface area contributed by atoms with Crippen LogP contribution in [-0.4, -0.2) is 18.7 Å². The van der Waals surface area contributed by atoms with Crippen molar-refractivity contribution < 1.29 is 18.7 Å². The monoisotopic (exact) mass is 441 g/mol. The second-order valence-electron chi connectivity index (χ2n) is 6.41. The minimum atomic E-state index is -0.441. The summed E-state index contributed by atoms with van der Waals surface area (Å²) in [6.07, 6.45) is 1.47. The van der Waals surface area contributed by atoms with Crippen molar-refractivity contribution in [3.05, 3.63) is 88.2 Å². The molecule has 0 bridgehead atoms. The predicted molar refractivity (Wildman–Crippen MR) is 119 cm³/mol. The van der Waals surface area contributed by atoms with Crippen LogP contribution in [0, 0.1) is 5.82 Å². The number of nitrogens with two attached hydrogens (primary N) is 1. The minimum absolute atomic E-state index is 0.0480. The van der Waals surface area contributed by atoms with Gasteiger partial charge in [0.05, 0.1) is 23.4 Å². The van der Waals surface area contributed by atoms with Gasteiger partial charge in [-0.3, -0.25) is 4.79 Å². The van der Waals surface area contributed by atoms with Crippen molar-refractivity contribution in [1.29, 1.82) is 0 Å². The molecule has 1 amide bonds. The van der Waals surface area contributed by atoms with Crippen molar-refractivity contribution in [2.24, 2.45) is 5.10 Å². The molecule has 8 heteroatoms. The third-order valence-corrected chi connectivity index (χ3v) is 4.64. The normalized spacial score (nSPS) is 10.8. The third-order valence-electron chi connectivity index (χ3n) is 4.29. The molecule has 3 N–H and O–H groups in total. The number of para-hydroxylation sites is 1. The number of nitrogens with one attached hydrogen (secondary N) is 1. The van der Waals surface area contributed by atoms with Crippen LogP contribution in [0.15, 0.2) is 65.8 Å². The van der Waals surface area contributed by atoms with E-state index in [1.807, 2.05) is 6.92 Å². The molecule has 6 nitrogen and oxygen atoms in total. The maximum atomic E-state index is 14.0. The minimum Gasteiger partial charge on any atom is -0.490 e. The topological polar surface area (TPSA) is 85.9 Å². The zero-order valence-corrected chi connectivity index (χ0v) is 17.5. The van der Waals surface area contributed by atoms with Crippen molar-refractivity contribution in [3.63, 3.8) is 0 Å². The summed E-state index contributed by atoms with van der Waals surface area (Å²) in [5.74, 6) is 0.0297. The van der Waals surface area contributed by atoms with Gasteiger partial charge in [0.2, 0.25) is 0 Å². The summed E-state index contributed by atoms with van der Waals surface area (Å²) < 4.78 is 25.3. The van der Waals surface area contributed by atoms with E-state index < -0.39 is 11.7 Å². The first-order valence-corrected chi connectivity index (χ1v) is 9.87. The van der Waals surface area contributed by atoms with Gasteiger partial charge in [-0.25, -0.2) is 9.82 Å². The number of nitrogen functional groups attached to an aromatic ring is 1. The van der Waals surface area contributed by atoms with Gasteiger partial charge in [0.1, 0.15) is 12.4 Å². The van der Waals surface area contributed by atoms with E-state index in [1.165, 1.54) is 18.3 Å². The number of benzene rings is 3. The third kappa shape index (κ3) is 5.73. The number of hydrazone groups is 1. The number of anilines is 1. The van der Waals surface area contributed by atoms with E-state index in [-0.39, 0.29) is 17.2 Å². The fraction of sp³-hybridized carbons (Fsp3) is 0.130. The molecular weight excluding hydrogens is 421 g/mol. The Morgan fingerprint density at radius 3 is 2.68 bits per heavy atom. The molecule has 0 heterocycles. The van der Waals surface area contributed by atoms with Crippen LogP contribution in [0.2, 0.25) is 5.02 Å². The lowest BCUT2D eigenvalue weighted by Gasteiger charge is -2.13. The zero-order valence-electron chi connectivity index (χ0n) is 16.8. The van der Waals surface area contributed by atoms with Gasteiger partial charge in [-0.1, -0.05) is 29.8 Å². The van der Waals surface area contributed by atoms with Gasteiger partial charge < -0.3 is 15.2 Å². The fourth-order valence-corrected chi connectivity index (χ4v) is 2.96. The lowest BCUT2D eigenvalue weighted by molar-refractivity contribution is 0.0956. The number of amides is 1. The Labute approximate surface area is 184 Å². The Balaban J connectivity index is 1.70. The lowest BCUT2D eigenvalue weighted by Crippen LogP contribution is -2.19. The van der Waals surface area contributed by atoms with Crippen LogP contribution in [0.4, 0.5) is 10.1 Å². The Morgan fingerprint density at radius 1 is 1.13 bits per heavy atom. The average Bonchev–Trinajstić information content (AvgIpc) is 2.75. The first-order valence-electron chi connectivity index (χ1n) is 9.50. The number of rotatable bonds is 8. The van der Waals surface area contributed by atoms with Crippen LogP contribution in [0.5, 0.6) is 11.5 Å². The number of nitrogens with zero attached hydrogens (tertiary/aromatic N) is 1. The molecule has 0 aliphatic rings. The molecule has 0 unspecified atom stereocenters. The average molecular weight is 442 g/mol. The SMILES string of the molecule is CCOc1cc(/C=N/NC(=O)c2ccccc2N)ccc1OCc1c(F)cccc1Cl. The molecule has 0 fully saturated rings. The highest BCUT2D eigenvalue weighted by Crippen LogP contribution is 2.30. The maximum absolute atomic E-state index is 14.0. The Bertz CT molecular complexity index is 1080. The molecule has 0 radical (unpaired) electrons. The van der Waals surface area contributed by atoms with E-state index in [1.54, 1.807) is 48.5 Å². The predicted octanol–water partition coefficient (Wildman–Crippen LogP) is 4.80. The van der Waals surface area contributed by atoms with Gasteiger partial charge >= 0.3 is 0 Å². The van der Waals surface area contributed by atoms with Crippen LogP contribution < -0.4 is 20.6 Å². The molecule has 0 saturated heterocycles. The van der Waals surface area contributed by atoms with Gasteiger partial charge in [-0.2, -0.15) is 5.10 Å². The van der Waals surface area contributed by atoms with E-state index >= 15 is 0 Å². The van der Waals surface area contributed by atoms with Crippen molar-refractivity contribution in [1.82, 2.24) is 5.43 Å². The highest BCUT2D eigenvalue weighted by molar-refractivity contribution is 6.31. The summed E-state index contributed by atoms with van der Waals surface area (Å²) in [4.78, 5) is 12.2. The molecule has 0 spiro atoms. The second-order valence-corrected chi connectivity index (χ2v) is 6.82. The van der Waals surface area contributed by atoms with Crippen molar-refractivity contribution in [2.45, 2.75) is 13.5 Å². The smallest absolute Gasteiger partial charge is 0.273 e. The summed E-state index contributed by atoms with van der Waals surface area (Å²) in [6.45, 7) is 2.19. The summed E-state index contributed by atoms with van der Waals surface area (Å²) in [5.41, 5.74) is 9.86. The van der Waals surface area contributed by atoms with Crippen LogP contribution in [-0.2, 0) is 6.61 Å². The van der Waals surface area contributed by atoms with Crippen molar-refractivity contribution in [3.8, 4) is 11.5 Å². The largest absolute Gasteiger partial charge is 0.490 e. The standard InChI is InChI=1S/C23H21ClFN3O3/c1-2-30-22-12-15(13-27-28-23(29)16-6-3-4-9-20(16)26)10-11-21(22)31-14-17-18(24)7-5-8-19(17)25/h3-13H,2,14,26H2,1H3,(H,28,29)/b27-13+. The maximum Gasteiger partial charge on any atom is 0.273 e. The first-order chi connectivity index (χ1) is 15.0. The van der Waals surface area contributed by atoms with Crippen LogP contribution >= 0.6 is 11.6 Å². The molecule has 0 aliphatic carbocycles. The second kappa shape index (κ2) is 10.4. The summed E-state index contributed by atoms with van der Waals surface area (Å²) in [5, 5.41) is 4.25. The molecule has 0 aliphatic heterocycles. The quantitative estimate of drug-likeness (QED) is 0.298. The molecular formula is C23H21ClFN3O3. The van der Waals surface area contributed by atoms with E-state index in [0.29, 0.717) is 34.9 Å². The number of ether oxygens (including phenoxy) is 2. The number of carbonyl (C=O) groups is 1. The molecule has 3 aromatic rings. The van der Waals surface area contributed by atoms with E-state index in [9.17, 15) is 9.18 Å². The Hall–Kier alpha value is -3.58. The molecule has 0 aromatic heterocycles. The molecule has 0 atom stereocenters. The number of carbonyl (C=O) groups excluding carboxylic acids is 1. The van der Waals surface area contributed by atoms with Gasteiger partial charge in [-0.15, -0.1) is 0 Å². The van der Waals surface area contributed by atoms with Gasteiger partial charge in [0.15, 0.2) is 11.5 Å². The zero-order chi connectivity index (χ0) is 22.2. The summed E-state index contributed by atoms with van der Waals surface area (Å²) in [6, 6.07) is 16.3. The fourth-order valence-electron chi connectivity index (χ4n) is 2.74. The molecule has 0 saturated carbocycles. The van der Waals surface area contributed by atoms with E-state index in [4.69, 9.17) is 26.8 Å². The lowest BCUT2D eigenvalue weighted by atomic mass is 10.2. The summed E-state index contributed by atoms with van der Waals surface area (Å²) >= 11 is 6.05. The van der Waals surface area contributed by atoms with E-state index in [0.717, 1.165) is 0 Å². The van der Waals surface area contributed by atoms with Crippen LogP contribution in [0.25, 0.3) is 0 Å². The van der Waals surface area contributed by atoms with Crippen LogP contribution in [0.3, 0.4) is 0 Å². The van der Waals surface area contributed by atoms with Crippen molar-refractivity contribution in [2.75, 3.05) is 12.3 Å². The van der Waals surface area contributed by atoms with Gasteiger partial charge in [-0.05, 0) is 55.0 Å². The molecule has 31 heavy (non-hydrogen) atoms. The highest BCUT2D eigenvalue weighted by Gasteiger charge is 2.11. The Kier molecular flexibility index (Phi) is 7.45. The van der Waals surface area contributed by atoms with Gasteiger partial charge in [0.25, 0.3) is 5.91 Å². The number of hydrogen-bond donors (Lipinski definition) is 2. The molecule has 160 valence electrons. The molecule has 3 rings (SSSR count). The molecule has 3 aromatic carbocycles. The van der Waals surface area contributed by atoms with Gasteiger partial charge in [0, 0.05) is 11.3 Å². The highest BCUT2D eigenvalue weighted by atomic mass is 35.5. The first kappa shape index (κ1) is 22.1. The van der Waals surface area contributed by atoms with Crippen LogP contribution in [0.1, 0.15) is 28.4 Å². The number of halogens is 2. The number of hydrogen-bond acceptors (Lipinski definition) is 5. The van der Waals surface area contributed by atoms with Crippen molar-refractivity contribution >= 4 is 29.4 Å². The van der Waals surface area contributed by atoms with E-state index in [2.05, 4.69) is 10.5 Å².